The minimum atomic E-state index is 0.397. The van der Waals surface area contributed by atoms with Crippen molar-refractivity contribution in [3.05, 3.63) is 0 Å². The van der Waals surface area contributed by atoms with Gasteiger partial charge in [-0.15, -0.1) is 0 Å². The van der Waals surface area contributed by atoms with Gasteiger partial charge in [0.15, 0.2) is 5.96 Å². The Morgan fingerprint density at radius 2 is 2.00 bits per heavy atom. The Bertz CT molecular complexity index is 153. The van der Waals surface area contributed by atoms with E-state index < -0.39 is 0 Å². The molecule has 1 saturated heterocycles. The summed E-state index contributed by atoms with van der Waals surface area (Å²) in [6.07, 6.45) is 1.20. The smallest absolute Gasteiger partial charge is 0.191 e. The lowest BCUT2D eigenvalue weighted by Crippen LogP contribution is -2.54. The highest BCUT2D eigenvalue weighted by Gasteiger charge is 2.26. The van der Waals surface area contributed by atoms with E-state index in [4.69, 9.17) is 0 Å². The molecule has 0 aliphatic carbocycles. The van der Waals surface area contributed by atoms with Crippen molar-refractivity contribution in [3.8, 4) is 0 Å². The molecule has 0 aromatic heterocycles. The van der Waals surface area contributed by atoms with Crippen molar-refractivity contribution in [3.63, 3.8) is 0 Å². The Morgan fingerprint density at radius 3 is 2.36 bits per heavy atom. The number of nitrogens with one attached hydrogen (secondary N) is 2. The van der Waals surface area contributed by atoms with Gasteiger partial charge in [0.05, 0.1) is 0 Å². The zero-order valence-electron chi connectivity index (χ0n) is 7.57. The van der Waals surface area contributed by atoms with Crippen molar-refractivity contribution in [2.75, 3.05) is 20.1 Å². The normalized spacial score (nSPS) is 30.6. The second kappa shape index (κ2) is 3.11. The lowest BCUT2D eigenvalue weighted by molar-refractivity contribution is 0.287. The van der Waals surface area contributed by atoms with Crippen LogP contribution in [0.4, 0.5) is 0 Å². The first kappa shape index (κ1) is 8.37. The molecule has 1 heterocycles. The van der Waals surface area contributed by atoms with Crippen molar-refractivity contribution in [2.24, 2.45) is 10.4 Å². The summed E-state index contributed by atoms with van der Waals surface area (Å²) in [5, 5.41) is 6.50. The summed E-state index contributed by atoms with van der Waals surface area (Å²) >= 11 is 0. The van der Waals surface area contributed by atoms with E-state index in [1.165, 1.54) is 6.42 Å². The van der Waals surface area contributed by atoms with Crippen LogP contribution in [0.1, 0.15) is 20.3 Å². The Morgan fingerprint density at radius 1 is 1.45 bits per heavy atom. The van der Waals surface area contributed by atoms with Gasteiger partial charge in [-0.3, -0.25) is 4.99 Å². The highest BCUT2D eigenvalue weighted by Crippen LogP contribution is 2.20. The van der Waals surface area contributed by atoms with Crippen LogP contribution >= 0.6 is 0 Å². The van der Waals surface area contributed by atoms with Crippen LogP contribution in [0, 0.1) is 5.41 Å². The van der Waals surface area contributed by atoms with Crippen molar-refractivity contribution in [1.29, 1.82) is 0 Å². The number of guanidine groups is 1. The standard InChI is InChI=1S/C8H17N3/c1-4-8(2)5-10-7(9-3)11-6-8/h4-6H2,1-3H3,(H2,9,10,11). The van der Waals surface area contributed by atoms with Gasteiger partial charge in [-0.2, -0.15) is 0 Å². The molecule has 3 nitrogen and oxygen atoms in total. The molecule has 64 valence electrons. The SMILES string of the molecule is CCC1(C)CNC(=NC)NC1. The van der Waals surface area contributed by atoms with Gasteiger partial charge >= 0.3 is 0 Å². The first-order valence-corrected chi connectivity index (χ1v) is 4.15. The molecule has 0 aromatic carbocycles. The van der Waals surface area contributed by atoms with Gasteiger partial charge in [-0.25, -0.2) is 0 Å². The minimum absolute atomic E-state index is 0.397. The molecule has 11 heavy (non-hydrogen) atoms. The second-order valence-corrected chi connectivity index (χ2v) is 3.44. The van der Waals surface area contributed by atoms with Crippen molar-refractivity contribution in [1.82, 2.24) is 10.6 Å². The van der Waals surface area contributed by atoms with Gasteiger partial charge in [0, 0.05) is 25.6 Å². The molecule has 0 atom stereocenters. The molecule has 2 N–H and O–H groups in total. The van der Waals surface area contributed by atoms with Crippen LogP contribution in [0.3, 0.4) is 0 Å². The van der Waals surface area contributed by atoms with E-state index >= 15 is 0 Å². The summed E-state index contributed by atoms with van der Waals surface area (Å²) in [4.78, 5) is 4.04. The Hall–Kier alpha value is -0.730. The second-order valence-electron chi connectivity index (χ2n) is 3.44. The third-order valence-corrected chi connectivity index (χ3v) is 2.44. The number of rotatable bonds is 1. The average molecular weight is 155 g/mol. The molecule has 0 saturated carbocycles. The first-order chi connectivity index (χ1) is 5.20. The Balaban J connectivity index is 2.47. The lowest BCUT2D eigenvalue weighted by atomic mass is 9.86. The lowest BCUT2D eigenvalue weighted by Gasteiger charge is -2.34. The van der Waals surface area contributed by atoms with Gasteiger partial charge in [-0.05, 0) is 6.42 Å². The van der Waals surface area contributed by atoms with Crippen molar-refractivity contribution < 1.29 is 0 Å². The minimum Gasteiger partial charge on any atom is -0.356 e. The quantitative estimate of drug-likeness (QED) is 0.581. The molecular weight excluding hydrogens is 138 g/mol. The number of nitrogens with zero attached hydrogens (tertiary/aromatic N) is 1. The zero-order chi connectivity index (χ0) is 8.32. The molecule has 0 aromatic rings. The van der Waals surface area contributed by atoms with Crippen molar-refractivity contribution >= 4 is 5.96 Å². The van der Waals surface area contributed by atoms with Gasteiger partial charge < -0.3 is 10.6 Å². The predicted molar refractivity (Wildman–Crippen MR) is 47.8 cm³/mol. The maximum Gasteiger partial charge on any atom is 0.191 e. The molecule has 1 rings (SSSR count). The summed E-state index contributed by atoms with van der Waals surface area (Å²) in [5.41, 5.74) is 0.397. The molecule has 1 aliphatic heterocycles. The van der Waals surface area contributed by atoms with E-state index in [2.05, 4.69) is 29.5 Å². The molecule has 0 spiro atoms. The summed E-state index contributed by atoms with van der Waals surface area (Å²) in [5.74, 6) is 0.927. The zero-order valence-corrected chi connectivity index (χ0v) is 7.57. The van der Waals surface area contributed by atoms with Gasteiger partial charge in [0.2, 0.25) is 0 Å². The Labute approximate surface area is 68.3 Å². The molecule has 3 heteroatoms. The van der Waals surface area contributed by atoms with Crippen LogP contribution in [-0.4, -0.2) is 26.1 Å². The van der Waals surface area contributed by atoms with Crippen LogP contribution in [0.2, 0.25) is 0 Å². The fourth-order valence-corrected chi connectivity index (χ4v) is 1.13. The number of hydrogen-bond acceptors (Lipinski definition) is 1. The van der Waals surface area contributed by atoms with Gasteiger partial charge in [0.1, 0.15) is 0 Å². The maximum absolute atomic E-state index is 4.04. The molecular formula is C8H17N3. The number of aliphatic imine (C=N–C) groups is 1. The molecule has 0 radical (unpaired) electrons. The molecule has 0 bridgehead atoms. The van der Waals surface area contributed by atoms with E-state index in [-0.39, 0.29) is 0 Å². The molecule has 0 amide bonds. The van der Waals surface area contributed by atoms with Gasteiger partial charge in [0.25, 0.3) is 0 Å². The van der Waals surface area contributed by atoms with Crippen molar-refractivity contribution in [2.45, 2.75) is 20.3 Å². The van der Waals surface area contributed by atoms with E-state index in [1.807, 2.05) is 0 Å². The molecule has 1 fully saturated rings. The van der Waals surface area contributed by atoms with Crippen LogP contribution in [0.15, 0.2) is 4.99 Å². The monoisotopic (exact) mass is 155 g/mol. The van der Waals surface area contributed by atoms with E-state index in [0.717, 1.165) is 19.0 Å². The average Bonchev–Trinajstić information content (AvgIpc) is 2.06. The van der Waals surface area contributed by atoms with Gasteiger partial charge in [-0.1, -0.05) is 13.8 Å². The third kappa shape index (κ3) is 1.85. The van der Waals surface area contributed by atoms with Crippen LogP contribution < -0.4 is 10.6 Å². The molecule has 0 unspecified atom stereocenters. The summed E-state index contributed by atoms with van der Waals surface area (Å²) in [6.45, 7) is 6.56. The highest BCUT2D eigenvalue weighted by molar-refractivity contribution is 5.80. The summed E-state index contributed by atoms with van der Waals surface area (Å²) in [6, 6.07) is 0. The number of hydrogen-bond donors (Lipinski definition) is 2. The maximum atomic E-state index is 4.04. The predicted octanol–water partition coefficient (Wildman–Crippen LogP) is 0.581. The first-order valence-electron chi connectivity index (χ1n) is 4.15. The van der Waals surface area contributed by atoms with E-state index in [0.29, 0.717) is 5.41 Å². The summed E-state index contributed by atoms with van der Waals surface area (Å²) < 4.78 is 0. The van der Waals surface area contributed by atoms with Crippen LogP contribution in [-0.2, 0) is 0 Å². The molecule has 1 aliphatic rings. The fourth-order valence-electron chi connectivity index (χ4n) is 1.13. The third-order valence-electron chi connectivity index (χ3n) is 2.44. The highest BCUT2D eigenvalue weighted by atomic mass is 15.2. The largest absolute Gasteiger partial charge is 0.356 e. The van der Waals surface area contributed by atoms with E-state index in [9.17, 15) is 0 Å². The van der Waals surface area contributed by atoms with Crippen LogP contribution in [0.25, 0.3) is 0 Å². The van der Waals surface area contributed by atoms with Crippen LogP contribution in [0.5, 0.6) is 0 Å². The van der Waals surface area contributed by atoms with E-state index in [1.54, 1.807) is 7.05 Å². The fraction of sp³-hybridized carbons (Fsp3) is 0.875. The topological polar surface area (TPSA) is 36.4 Å². The summed E-state index contributed by atoms with van der Waals surface area (Å²) in [7, 11) is 1.80. The Kier molecular flexibility index (Phi) is 2.37.